The van der Waals surface area contributed by atoms with Crippen molar-refractivity contribution in [2.24, 2.45) is 0 Å². The second kappa shape index (κ2) is 6.87. The number of nitriles is 1. The molecule has 0 saturated heterocycles. The highest BCUT2D eigenvalue weighted by Crippen LogP contribution is 2.42. The average molecular weight is 399 g/mol. The van der Waals surface area contributed by atoms with Crippen LogP contribution in [-0.4, -0.2) is 20.1 Å². The van der Waals surface area contributed by atoms with Crippen LogP contribution < -0.4 is 0 Å². The van der Waals surface area contributed by atoms with Crippen LogP contribution in [0.3, 0.4) is 0 Å². The van der Waals surface area contributed by atoms with E-state index in [9.17, 15) is 17.6 Å². The number of H-pyrrole nitrogens is 1. The van der Waals surface area contributed by atoms with Gasteiger partial charge in [0.15, 0.2) is 5.82 Å². The standard InChI is InChI=1S/C19H9F4N5O/c20-12-4-2-11(3-5-12)16-15(17(29-28-16)19(21,22)23)14-9-26-18(27-14)13-6-1-10(7-24)8-25-13/h1-6,8-9H,(H,26,27). The largest absolute Gasteiger partial charge is 0.453 e. The number of aromatic nitrogens is 4. The van der Waals surface area contributed by atoms with Crippen molar-refractivity contribution in [2.45, 2.75) is 6.18 Å². The van der Waals surface area contributed by atoms with E-state index in [0.29, 0.717) is 11.3 Å². The summed E-state index contributed by atoms with van der Waals surface area (Å²) in [6, 6.07) is 9.77. The first-order valence-corrected chi connectivity index (χ1v) is 8.11. The second-order valence-corrected chi connectivity index (χ2v) is 5.93. The lowest BCUT2D eigenvalue weighted by atomic mass is 10.0. The number of imidazole rings is 1. The first-order valence-electron chi connectivity index (χ1n) is 8.11. The maximum Gasteiger partial charge on any atom is 0.453 e. The number of nitrogens with one attached hydrogen (secondary N) is 1. The number of halogens is 4. The molecule has 10 heteroatoms. The molecule has 1 aromatic carbocycles. The van der Waals surface area contributed by atoms with Crippen molar-refractivity contribution in [2.75, 3.05) is 0 Å². The van der Waals surface area contributed by atoms with Gasteiger partial charge in [-0.1, -0.05) is 5.16 Å². The lowest BCUT2D eigenvalue weighted by molar-refractivity contribution is -0.154. The quantitative estimate of drug-likeness (QED) is 0.499. The Bertz CT molecular complexity index is 1200. The van der Waals surface area contributed by atoms with E-state index in [4.69, 9.17) is 5.26 Å². The summed E-state index contributed by atoms with van der Waals surface area (Å²) in [7, 11) is 0. The van der Waals surface area contributed by atoms with Crippen LogP contribution in [0.2, 0.25) is 0 Å². The van der Waals surface area contributed by atoms with Crippen molar-refractivity contribution < 1.29 is 22.1 Å². The van der Waals surface area contributed by atoms with E-state index in [-0.39, 0.29) is 28.3 Å². The molecular weight excluding hydrogens is 390 g/mol. The zero-order valence-electron chi connectivity index (χ0n) is 14.3. The lowest BCUT2D eigenvalue weighted by Gasteiger charge is -2.05. The molecule has 0 saturated carbocycles. The van der Waals surface area contributed by atoms with Gasteiger partial charge in [-0.25, -0.2) is 9.37 Å². The van der Waals surface area contributed by atoms with Crippen LogP contribution in [0.1, 0.15) is 11.3 Å². The predicted molar refractivity (Wildman–Crippen MR) is 92.4 cm³/mol. The maximum absolute atomic E-state index is 13.5. The van der Waals surface area contributed by atoms with Crippen LogP contribution in [0.5, 0.6) is 0 Å². The van der Waals surface area contributed by atoms with Crippen LogP contribution in [0.25, 0.3) is 34.0 Å². The fourth-order valence-corrected chi connectivity index (χ4v) is 2.72. The van der Waals surface area contributed by atoms with E-state index >= 15 is 0 Å². The van der Waals surface area contributed by atoms with Gasteiger partial charge < -0.3 is 9.51 Å². The minimum Gasteiger partial charge on any atom is -0.350 e. The first-order chi connectivity index (χ1) is 13.9. The zero-order chi connectivity index (χ0) is 20.6. The summed E-state index contributed by atoms with van der Waals surface area (Å²) in [5, 5.41) is 12.4. The molecule has 144 valence electrons. The zero-order valence-corrected chi connectivity index (χ0v) is 14.3. The van der Waals surface area contributed by atoms with E-state index in [1.807, 2.05) is 6.07 Å². The number of benzene rings is 1. The summed E-state index contributed by atoms with van der Waals surface area (Å²) in [5.74, 6) is -1.64. The molecular formula is C19H9F4N5O. The molecule has 0 aliphatic rings. The number of hydrogen-bond donors (Lipinski definition) is 1. The third-order valence-corrected chi connectivity index (χ3v) is 4.05. The molecule has 0 amide bonds. The fourth-order valence-electron chi connectivity index (χ4n) is 2.72. The number of rotatable bonds is 3. The molecule has 0 aliphatic carbocycles. The summed E-state index contributed by atoms with van der Waals surface area (Å²) in [6.45, 7) is 0. The highest BCUT2D eigenvalue weighted by molar-refractivity contribution is 5.81. The van der Waals surface area contributed by atoms with Crippen molar-refractivity contribution in [1.82, 2.24) is 20.1 Å². The van der Waals surface area contributed by atoms with Gasteiger partial charge in [0.05, 0.1) is 23.0 Å². The van der Waals surface area contributed by atoms with E-state index in [1.165, 1.54) is 36.7 Å². The molecule has 0 fully saturated rings. The first kappa shape index (κ1) is 18.4. The van der Waals surface area contributed by atoms with Crippen LogP contribution in [0, 0.1) is 17.1 Å². The van der Waals surface area contributed by atoms with E-state index < -0.39 is 17.8 Å². The van der Waals surface area contributed by atoms with Crippen LogP contribution >= 0.6 is 0 Å². The van der Waals surface area contributed by atoms with Crippen molar-refractivity contribution in [3.63, 3.8) is 0 Å². The van der Waals surface area contributed by atoms with Gasteiger partial charge in [-0.2, -0.15) is 18.4 Å². The Kier molecular flexibility index (Phi) is 4.35. The topological polar surface area (TPSA) is 91.4 Å². The van der Waals surface area contributed by atoms with Gasteiger partial charge in [-0.15, -0.1) is 0 Å². The van der Waals surface area contributed by atoms with Gasteiger partial charge in [0.2, 0.25) is 5.76 Å². The van der Waals surface area contributed by atoms with Gasteiger partial charge in [-0.3, -0.25) is 4.98 Å². The molecule has 3 heterocycles. The Morgan fingerprint density at radius 3 is 2.38 bits per heavy atom. The summed E-state index contributed by atoms with van der Waals surface area (Å²) < 4.78 is 58.2. The van der Waals surface area contributed by atoms with Gasteiger partial charge in [0, 0.05) is 11.8 Å². The Balaban J connectivity index is 1.83. The lowest BCUT2D eigenvalue weighted by Crippen LogP contribution is -2.05. The Morgan fingerprint density at radius 2 is 1.76 bits per heavy atom. The van der Waals surface area contributed by atoms with E-state index in [0.717, 1.165) is 12.1 Å². The maximum atomic E-state index is 13.5. The second-order valence-electron chi connectivity index (χ2n) is 5.93. The summed E-state index contributed by atoms with van der Waals surface area (Å²) in [4.78, 5) is 10.9. The minimum atomic E-state index is -4.81. The molecule has 0 spiro atoms. The molecule has 0 aliphatic heterocycles. The van der Waals surface area contributed by atoms with Gasteiger partial charge in [0.25, 0.3) is 0 Å². The summed E-state index contributed by atoms with van der Waals surface area (Å²) >= 11 is 0. The highest BCUT2D eigenvalue weighted by atomic mass is 19.4. The van der Waals surface area contributed by atoms with Crippen molar-refractivity contribution in [3.05, 3.63) is 65.9 Å². The molecule has 1 N–H and O–H groups in total. The van der Waals surface area contributed by atoms with E-state index in [1.54, 1.807) is 0 Å². The normalized spacial score (nSPS) is 11.4. The molecule has 0 radical (unpaired) electrons. The molecule has 6 nitrogen and oxygen atoms in total. The molecule has 0 bridgehead atoms. The number of alkyl halides is 3. The Morgan fingerprint density at radius 1 is 1.00 bits per heavy atom. The van der Waals surface area contributed by atoms with Crippen LogP contribution in [0.4, 0.5) is 17.6 Å². The van der Waals surface area contributed by atoms with Crippen molar-refractivity contribution in [1.29, 1.82) is 5.26 Å². The third-order valence-electron chi connectivity index (χ3n) is 4.05. The fraction of sp³-hybridized carbons (Fsp3) is 0.0526. The monoisotopic (exact) mass is 399 g/mol. The Hall–Kier alpha value is -4.00. The molecule has 4 rings (SSSR count). The molecule has 0 unspecified atom stereocenters. The van der Waals surface area contributed by atoms with Gasteiger partial charge in [-0.05, 0) is 36.4 Å². The van der Waals surface area contributed by atoms with Crippen molar-refractivity contribution >= 4 is 0 Å². The summed E-state index contributed by atoms with van der Waals surface area (Å²) in [6.07, 6.45) is -2.29. The number of aromatic amines is 1. The average Bonchev–Trinajstić information content (AvgIpc) is 3.35. The number of hydrogen-bond acceptors (Lipinski definition) is 5. The van der Waals surface area contributed by atoms with Crippen LogP contribution in [0.15, 0.2) is 53.3 Å². The Labute approximate surface area is 160 Å². The highest BCUT2D eigenvalue weighted by Gasteiger charge is 2.41. The smallest absolute Gasteiger partial charge is 0.350 e. The number of nitrogens with zero attached hydrogens (tertiary/aromatic N) is 4. The molecule has 4 aromatic rings. The summed E-state index contributed by atoms with van der Waals surface area (Å²) in [5.41, 5.74) is 0.449. The SMILES string of the molecule is N#Cc1ccc(-c2ncc(-c3c(-c4ccc(F)cc4)noc3C(F)(F)F)[nH]2)nc1. The molecule has 3 aromatic heterocycles. The third kappa shape index (κ3) is 3.45. The number of pyridine rings is 1. The molecule has 29 heavy (non-hydrogen) atoms. The molecule has 0 atom stereocenters. The van der Waals surface area contributed by atoms with E-state index in [2.05, 4.69) is 24.6 Å². The van der Waals surface area contributed by atoms with Crippen LogP contribution in [-0.2, 0) is 6.18 Å². The van der Waals surface area contributed by atoms with Crippen molar-refractivity contribution in [3.8, 4) is 40.1 Å². The van der Waals surface area contributed by atoms with Gasteiger partial charge in [0.1, 0.15) is 23.3 Å². The van der Waals surface area contributed by atoms with Gasteiger partial charge >= 0.3 is 6.18 Å². The minimum absolute atomic E-state index is 0.000871. The predicted octanol–water partition coefficient (Wildman–Crippen LogP) is 4.82.